The maximum atomic E-state index is 3.54. The quantitative estimate of drug-likeness (QED) is 0.643. The van der Waals surface area contributed by atoms with Crippen molar-refractivity contribution in [1.29, 1.82) is 0 Å². The van der Waals surface area contributed by atoms with Gasteiger partial charge in [-0.1, -0.05) is 40.0 Å². The molecule has 0 aromatic carbocycles. The highest BCUT2D eigenvalue weighted by Crippen LogP contribution is 2.35. The predicted molar refractivity (Wildman–Crippen MR) is 85.7 cm³/mol. The van der Waals surface area contributed by atoms with Gasteiger partial charge in [0.15, 0.2) is 0 Å². The van der Waals surface area contributed by atoms with Gasteiger partial charge in [-0.2, -0.15) is 0 Å². The Kier molecular flexibility index (Phi) is 8.72. The Hall–Kier alpha value is -0.0800. The SMILES string of the molecule is CCCCN(CCCC)CC1(CCC)CCNCC1. The molecule has 114 valence electrons. The number of rotatable bonds is 10. The van der Waals surface area contributed by atoms with Crippen LogP contribution >= 0.6 is 0 Å². The molecule has 0 bridgehead atoms. The molecule has 0 spiro atoms. The van der Waals surface area contributed by atoms with Crippen molar-refractivity contribution in [2.24, 2.45) is 5.41 Å². The average molecular weight is 268 g/mol. The van der Waals surface area contributed by atoms with Crippen LogP contribution in [0.15, 0.2) is 0 Å². The summed E-state index contributed by atoms with van der Waals surface area (Å²) in [6.45, 7) is 13.4. The molecule has 0 amide bonds. The van der Waals surface area contributed by atoms with Crippen molar-refractivity contribution >= 4 is 0 Å². The molecule has 19 heavy (non-hydrogen) atoms. The van der Waals surface area contributed by atoms with Crippen LogP contribution in [0.2, 0.25) is 0 Å². The van der Waals surface area contributed by atoms with Crippen molar-refractivity contribution in [2.75, 3.05) is 32.7 Å². The summed E-state index contributed by atoms with van der Waals surface area (Å²) >= 11 is 0. The van der Waals surface area contributed by atoms with Crippen LogP contribution in [0, 0.1) is 5.41 Å². The summed E-state index contributed by atoms with van der Waals surface area (Å²) in [7, 11) is 0. The largest absolute Gasteiger partial charge is 0.317 e. The lowest BCUT2D eigenvalue weighted by Gasteiger charge is -2.41. The van der Waals surface area contributed by atoms with E-state index >= 15 is 0 Å². The smallest absolute Gasteiger partial charge is 0.00389 e. The van der Waals surface area contributed by atoms with Crippen LogP contribution in [-0.2, 0) is 0 Å². The lowest BCUT2D eigenvalue weighted by atomic mass is 9.75. The molecule has 0 radical (unpaired) electrons. The minimum absolute atomic E-state index is 0.613. The second-order valence-corrected chi connectivity index (χ2v) is 6.48. The summed E-state index contributed by atoms with van der Waals surface area (Å²) in [5.41, 5.74) is 0.613. The Labute approximate surface area is 121 Å². The van der Waals surface area contributed by atoms with Crippen LogP contribution in [0.5, 0.6) is 0 Å². The Morgan fingerprint density at radius 2 is 1.47 bits per heavy atom. The number of hydrogen-bond acceptors (Lipinski definition) is 2. The van der Waals surface area contributed by atoms with E-state index in [4.69, 9.17) is 0 Å². The molecule has 1 aliphatic rings. The summed E-state index contributed by atoms with van der Waals surface area (Å²) in [6.07, 6.45) is 10.9. The first kappa shape index (κ1) is 17.0. The fourth-order valence-electron chi connectivity index (χ4n) is 3.48. The molecule has 1 heterocycles. The zero-order valence-corrected chi connectivity index (χ0v) is 13.6. The van der Waals surface area contributed by atoms with E-state index in [9.17, 15) is 0 Å². The highest BCUT2D eigenvalue weighted by molar-refractivity contribution is 4.87. The molecule has 0 atom stereocenters. The predicted octanol–water partition coefficient (Wildman–Crippen LogP) is 4.06. The maximum absolute atomic E-state index is 3.54. The first-order valence-electron chi connectivity index (χ1n) is 8.69. The topological polar surface area (TPSA) is 15.3 Å². The van der Waals surface area contributed by atoms with E-state index < -0.39 is 0 Å². The van der Waals surface area contributed by atoms with E-state index in [1.807, 2.05) is 0 Å². The van der Waals surface area contributed by atoms with Gasteiger partial charge < -0.3 is 10.2 Å². The van der Waals surface area contributed by atoms with Gasteiger partial charge in [-0.15, -0.1) is 0 Å². The zero-order valence-electron chi connectivity index (χ0n) is 13.6. The summed E-state index contributed by atoms with van der Waals surface area (Å²) in [4.78, 5) is 2.77. The second-order valence-electron chi connectivity index (χ2n) is 6.48. The van der Waals surface area contributed by atoms with Crippen LogP contribution in [0.1, 0.15) is 72.1 Å². The van der Waals surface area contributed by atoms with Gasteiger partial charge in [0.05, 0.1) is 0 Å². The summed E-state index contributed by atoms with van der Waals surface area (Å²) in [5, 5.41) is 3.54. The van der Waals surface area contributed by atoms with Gasteiger partial charge >= 0.3 is 0 Å². The van der Waals surface area contributed by atoms with E-state index in [0.29, 0.717) is 5.41 Å². The summed E-state index contributed by atoms with van der Waals surface area (Å²) in [6, 6.07) is 0. The van der Waals surface area contributed by atoms with Crippen LogP contribution in [-0.4, -0.2) is 37.6 Å². The Balaban J connectivity index is 2.54. The zero-order chi connectivity index (χ0) is 14.0. The standard InChI is InChI=1S/C17H36N2/c1-4-7-14-19(15-8-5-2)16-17(9-6-3)10-12-18-13-11-17/h18H,4-16H2,1-3H3. The third kappa shape index (κ3) is 6.27. The molecule has 0 aliphatic carbocycles. The highest BCUT2D eigenvalue weighted by atomic mass is 15.1. The van der Waals surface area contributed by atoms with Crippen molar-refractivity contribution in [3.8, 4) is 0 Å². The number of hydrogen-bond donors (Lipinski definition) is 1. The minimum atomic E-state index is 0.613. The second kappa shape index (κ2) is 9.77. The molecule has 1 N–H and O–H groups in total. The monoisotopic (exact) mass is 268 g/mol. The van der Waals surface area contributed by atoms with Crippen molar-refractivity contribution in [1.82, 2.24) is 10.2 Å². The molecule has 0 unspecified atom stereocenters. The van der Waals surface area contributed by atoms with E-state index in [1.165, 1.54) is 84.1 Å². The molecule has 0 saturated carbocycles. The molecule has 0 aromatic rings. The van der Waals surface area contributed by atoms with Gasteiger partial charge in [-0.05, 0) is 63.7 Å². The highest BCUT2D eigenvalue weighted by Gasteiger charge is 2.32. The molecule has 1 rings (SSSR count). The molecule has 2 heteroatoms. The van der Waals surface area contributed by atoms with Crippen LogP contribution in [0.4, 0.5) is 0 Å². The van der Waals surface area contributed by atoms with Gasteiger partial charge in [-0.3, -0.25) is 0 Å². The minimum Gasteiger partial charge on any atom is -0.317 e. The van der Waals surface area contributed by atoms with Gasteiger partial charge in [0.25, 0.3) is 0 Å². The molecule has 1 aliphatic heterocycles. The van der Waals surface area contributed by atoms with E-state index in [1.54, 1.807) is 0 Å². The van der Waals surface area contributed by atoms with Crippen LogP contribution in [0.25, 0.3) is 0 Å². The number of nitrogens with zero attached hydrogens (tertiary/aromatic N) is 1. The van der Waals surface area contributed by atoms with E-state index in [2.05, 4.69) is 31.0 Å². The molecule has 1 fully saturated rings. The van der Waals surface area contributed by atoms with E-state index in [-0.39, 0.29) is 0 Å². The average Bonchev–Trinajstić information content (AvgIpc) is 2.43. The normalized spacial score (nSPS) is 18.9. The molecular weight excluding hydrogens is 232 g/mol. The molecule has 1 saturated heterocycles. The molecule has 2 nitrogen and oxygen atoms in total. The van der Waals surface area contributed by atoms with Crippen molar-refractivity contribution < 1.29 is 0 Å². The van der Waals surface area contributed by atoms with Gasteiger partial charge in [-0.25, -0.2) is 0 Å². The van der Waals surface area contributed by atoms with Crippen LogP contribution < -0.4 is 5.32 Å². The van der Waals surface area contributed by atoms with Crippen molar-refractivity contribution in [2.45, 2.75) is 72.1 Å². The summed E-state index contributed by atoms with van der Waals surface area (Å²) in [5.74, 6) is 0. The number of piperidine rings is 1. The lowest BCUT2D eigenvalue weighted by molar-refractivity contribution is 0.0984. The summed E-state index contributed by atoms with van der Waals surface area (Å²) < 4.78 is 0. The third-order valence-corrected chi connectivity index (χ3v) is 4.66. The van der Waals surface area contributed by atoms with Crippen molar-refractivity contribution in [3.05, 3.63) is 0 Å². The van der Waals surface area contributed by atoms with Crippen molar-refractivity contribution in [3.63, 3.8) is 0 Å². The van der Waals surface area contributed by atoms with E-state index in [0.717, 1.165) is 0 Å². The Bertz CT molecular complexity index is 196. The van der Waals surface area contributed by atoms with Gasteiger partial charge in [0, 0.05) is 6.54 Å². The fraction of sp³-hybridized carbons (Fsp3) is 1.00. The van der Waals surface area contributed by atoms with Gasteiger partial charge in [0.2, 0.25) is 0 Å². The Morgan fingerprint density at radius 3 is 1.95 bits per heavy atom. The number of nitrogens with one attached hydrogen (secondary N) is 1. The molecular formula is C17H36N2. The Morgan fingerprint density at radius 1 is 0.895 bits per heavy atom. The fourth-order valence-corrected chi connectivity index (χ4v) is 3.48. The first-order valence-corrected chi connectivity index (χ1v) is 8.69. The third-order valence-electron chi connectivity index (χ3n) is 4.66. The number of unbranched alkanes of at least 4 members (excludes halogenated alkanes) is 2. The van der Waals surface area contributed by atoms with Crippen LogP contribution in [0.3, 0.4) is 0 Å². The lowest BCUT2D eigenvalue weighted by Crippen LogP contribution is -2.45. The molecule has 0 aromatic heterocycles. The maximum Gasteiger partial charge on any atom is 0.00389 e. The first-order chi connectivity index (χ1) is 9.26. The van der Waals surface area contributed by atoms with Gasteiger partial charge in [0.1, 0.15) is 0 Å².